The molecule has 2 aliphatic rings. The number of carbonyl (C=O) groups is 4. The van der Waals surface area contributed by atoms with Crippen LogP contribution in [-0.4, -0.2) is 87.2 Å². The summed E-state index contributed by atoms with van der Waals surface area (Å²) in [4.78, 5) is 65.5. The highest BCUT2D eigenvalue weighted by Gasteiger charge is 2.64. The number of β-lactam (4-membered cyclic amide) rings is 1. The van der Waals surface area contributed by atoms with Crippen LogP contribution >= 0.6 is 35.3 Å². The average molecular weight is 662 g/mol. The first-order chi connectivity index (χ1) is 20.8. The van der Waals surface area contributed by atoms with Gasteiger partial charge in [-0.15, -0.1) is 23.1 Å². The van der Waals surface area contributed by atoms with Gasteiger partial charge in [-0.3, -0.25) is 14.5 Å². The number of amides is 2. The van der Waals surface area contributed by atoms with Crippen LogP contribution in [0.5, 0.6) is 0 Å². The topological polar surface area (TPSA) is 274 Å². The van der Waals surface area contributed by atoms with Crippen LogP contribution in [0.4, 0.5) is 16.9 Å². The Morgan fingerprint density at radius 1 is 1.39 bits per heavy atom. The molecule has 44 heavy (non-hydrogen) atoms. The van der Waals surface area contributed by atoms with Crippen molar-refractivity contribution in [2.45, 2.75) is 30.4 Å². The smallest absolute Gasteiger partial charge is 0.347 e. The van der Waals surface area contributed by atoms with Crippen molar-refractivity contribution in [2.24, 2.45) is 12.2 Å². The van der Waals surface area contributed by atoms with E-state index in [1.54, 1.807) is 14.0 Å². The molecule has 3 aromatic heterocycles. The molecule has 8 N–H and O–H groups in total. The first-order valence-corrected chi connectivity index (χ1v) is 14.9. The number of aromatic nitrogens is 5. The second kappa shape index (κ2) is 11.3. The SMILES string of the molecule is CC[C@H](O/N=C(\C(=O)NC1(C=S)C(=O)N2C(C(=O)[O-])=C(c3nc(N)cc4n(C)c(N)n[n+]34)CS[C@H]21)c1csc(N)n1)C(=O)O. The van der Waals surface area contributed by atoms with Gasteiger partial charge in [0, 0.05) is 16.5 Å². The predicted octanol–water partition coefficient (Wildman–Crippen LogP) is -2.73. The van der Waals surface area contributed by atoms with Crippen molar-refractivity contribution in [3.05, 3.63) is 28.7 Å². The molecular formula is C23H23N11O7S3. The van der Waals surface area contributed by atoms with E-state index in [1.807, 2.05) is 0 Å². The molecule has 0 spiro atoms. The molecule has 0 aliphatic carbocycles. The van der Waals surface area contributed by atoms with Gasteiger partial charge in [0.15, 0.2) is 16.4 Å². The van der Waals surface area contributed by atoms with Crippen molar-refractivity contribution in [1.29, 1.82) is 0 Å². The molecule has 3 atom stereocenters. The van der Waals surface area contributed by atoms with Crippen molar-refractivity contribution in [2.75, 3.05) is 23.0 Å². The highest BCUT2D eigenvalue weighted by atomic mass is 32.2. The number of hydrogen-bond acceptors (Lipinski definition) is 16. The molecule has 0 bridgehead atoms. The molecule has 5 rings (SSSR count). The summed E-state index contributed by atoms with van der Waals surface area (Å²) < 4.78 is 2.81. The Labute approximate surface area is 260 Å². The van der Waals surface area contributed by atoms with Gasteiger partial charge in [0.2, 0.25) is 11.9 Å². The summed E-state index contributed by atoms with van der Waals surface area (Å²) in [6.45, 7) is 1.54. The van der Waals surface area contributed by atoms with Crippen LogP contribution in [-0.2, 0) is 31.1 Å². The van der Waals surface area contributed by atoms with E-state index >= 15 is 0 Å². The highest BCUT2D eigenvalue weighted by Crippen LogP contribution is 2.47. The molecular weight excluding hydrogens is 639 g/mol. The number of anilines is 3. The number of aryl methyl sites for hydroxylation is 1. The molecule has 0 radical (unpaired) electrons. The van der Waals surface area contributed by atoms with E-state index in [0.29, 0.717) is 5.65 Å². The van der Waals surface area contributed by atoms with Gasteiger partial charge < -0.3 is 42.4 Å². The fourth-order valence-electron chi connectivity index (χ4n) is 4.58. The van der Waals surface area contributed by atoms with E-state index in [-0.39, 0.29) is 46.2 Å². The summed E-state index contributed by atoms with van der Waals surface area (Å²) in [5.74, 6) is -4.80. The lowest BCUT2D eigenvalue weighted by atomic mass is 9.87. The summed E-state index contributed by atoms with van der Waals surface area (Å²) >= 11 is 7.23. The number of thiocarbonyl (C=S) groups is 1. The fourth-order valence-corrected chi connectivity index (χ4v) is 6.93. The van der Waals surface area contributed by atoms with Crippen LogP contribution in [0.1, 0.15) is 24.9 Å². The number of aliphatic carboxylic acids is 2. The second-order valence-electron chi connectivity index (χ2n) is 9.44. The molecule has 1 unspecified atom stereocenters. The van der Waals surface area contributed by atoms with Crippen LogP contribution in [0.25, 0.3) is 11.2 Å². The quantitative estimate of drug-likeness (QED) is 0.0485. The first kappa shape index (κ1) is 30.6. The average Bonchev–Trinajstić information content (AvgIpc) is 3.54. The van der Waals surface area contributed by atoms with Crippen LogP contribution in [0.15, 0.2) is 22.3 Å². The monoisotopic (exact) mass is 661 g/mol. The van der Waals surface area contributed by atoms with Gasteiger partial charge in [-0.2, -0.15) is 0 Å². The highest BCUT2D eigenvalue weighted by molar-refractivity contribution is 8.00. The Balaban J connectivity index is 1.53. The normalized spacial score (nSPS) is 20.6. The first-order valence-electron chi connectivity index (χ1n) is 12.5. The van der Waals surface area contributed by atoms with Crippen molar-refractivity contribution in [3.8, 4) is 0 Å². The lowest BCUT2D eigenvalue weighted by Crippen LogP contribution is -2.81. The van der Waals surface area contributed by atoms with Crippen molar-refractivity contribution in [1.82, 2.24) is 29.9 Å². The van der Waals surface area contributed by atoms with Gasteiger partial charge in [0.05, 0.1) is 30.4 Å². The molecule has 1 saturated heterocycles. The van der Waals surface area contributed by atoms with Crippen molar-refractivity contribution >= 4 is 98.3 Å². The summed E-state index contributed by atoms with van der Waals surface area (Å²) in [6.07, 6.45) is -1.35. The number of nitrogens with zero attached hydrogens (tertiary/aromatic N) is 7. The summed E-state index contributed by atoms with van der Waals surface area (Å²) in [6, 6.07) is 1.49. The van der Waals surface area contributed by atoms with Crippen LogP contribution < -0.4 is 32.1 Å². The fraction of sp³-hybridized carbons (Fsp3) is 0.304. The summed E-state index contributed by atoms with van der Waals surface area (Å²) in [7, 11) is 1.63. The Morgan fingerprint density at radius 2 is 2.11 bits per heavy atom. The van der Waals surface area contributed by atoms with E-state index in [1.165, 1.54) is 20.5 Å². The van der Waals surface area contributed by atoms with Gasteiger partial charge >= 0.3 is 5.97 Å². The van der Waals surface area contributed by atoms with E-state index < -0.39 is 52.2 Å². The zero-order valence-electron chi connectivity index (χ0n) is 22.8. The number of nitrogens with two attached hydrogens (primary N) is 3. The standard InChI is InChI=1S/C23H23N11O7S3/c1-3-10(17(36)37)41-31-13(9-6-44-22(26)27-9)16(35)29-23(7-42)19(40)33-14(18(38)39)8(5-43-20(23)33)15-28-11(24)4-12-32(2)21(25)30-34(12)15/h4,6-7,10,20,24H,3,5H2,1-2H3,(H7,25,26,27,29,30,35,36,37,38,39)/b31-13-/t10-,20-,23?/m0/s1. The van der Waals surface area contributed by atoms with E-state index in [9.17, 15) is 29.4 Å². The number of oxime groups is 1. The number of hydrogen-bond donors (Lipinski definition) is 5. The third-order valence-corrected chi connectivity index (χ3v) is 9.19. The molecule has 2 amide bonds. The van der Waals surface area contributed by atoms with Gasteiger partial charge in [0.25, 0.3) is 29.2 Å². The largest absolute Gasteiger partial charge is 0.543 e. The Morgan fingerprint density at radius 3 is 2.70 bits per heavy atom. The Kier molecular flexibility index (Phi) is 7.86. The van der Waals surface area contributed by atoms with E-state index in [0.717, 1.165) is 33.4 Å². The predicted molar refractivity (Wildman–Crippen MR) is 158 cm³/mol. The molecule has 21 heteroatoms. The number of thioether (sulfide) groups is 1. The van der Waals surface area contributed by atoms with Gasteiger partial charge in [-0.1, -0.05) is 38.9 Å². The molecule has 0 aromatic carbocycles. The molecule has 2 aliphatic heterocycles. The number of rotatable bonds is 10. The van der Waals surface area contributed by atoms with Gasteiger partial charge in [-0.25, -0.2) is 14.3 Å². The molecule has 3 aromatic rings. The molecule has 1 fully saturated rings. The number of nitrogens with one attached hydrogen (secondary N) is 1. The second-order valence-corrected chi connectivity index (χ2v) is 11.6. The number of thiazole rings is 1. The van der Waals surface area contributed by atoms with Crippen LogP contribution in [0.3, 0.4) is 0 Å². The number of nitrogen functional groups attached to an aromatic ring is 3. The van der Waals surface area contributed by atoms with Crippen LogP contribution in [0.2, 0.25) is 0 Å². The Bertz CT molecular complexity index is 1820. The summed E-state index contributed by atoms with van der Waals surface area (Å²) in [5.41, 5.74) is 15.2. The number of carbonyl (C=O) groups excluding carboxylic acids is 3. The third kappa shape index (κ3) is 4.83. The lowest BCUT2D eigenvalue weighted by Gasteiger charge is -2.56. The molecule has 18 nitrogen and oxygen atoms in total. The van der Waals surface area contributed by atoms with E-state index in [2.05, 4.69) is 25.5 Å². The Hall–Kier alpha value is -4.89. The minimum absolute atomic E-state index is 0.0192. The molecule has 5 heterocycles. The molecule has 230 valence electrons. The van der Waals surface area contributed by atoms with Gasteiger partial charge in [-0.05, 0) is 6.42 Å². The third-order valence-electron chi connectivity index (χ3n) is 6.80. The maximum atomic E-state index is 13.7. The van der Waals surface area contributed by atoms with Crippen molar-refractivity contribution < 1.29 is 38.7 Å². The number of carboxylic acids is 2. The van der Waals surface area contributed by atoms with Crippen LogP contribution in [0, 0.1) is 0 Å². The van der Waals surface area contributed by atoms with Gasteiger partial charge in [0.1, 0.15) is 11.1 Å². The zero-order chi connectivity index (χ0) is 32.1. The maximum Gasteiger partial charge on any atom is 0.347 e. The lowest BCUT2D eigenvalue weighted by molar-refractivity contribution is -0.583. The van der Waals surface area contributed by atoms with E-state index in [4.69, 9.17) is 34.3 Å². The van der Waals surface area contributed by atoms with Crippen molar-refractivity contribution in [3.63, 3.8) is 0 Å². The molecule has 0 saturated carbocycles. The summed E-state index contributed by atoms with van der Waals surface area (Å²) in [5, 5.41) is 33.7. The number of carboxylic acid groups (broad SMARTS) is 2. The minimum Gasteiger partial charge on any atom is -0.543 e. The zero-order valence-corrected chi connectivity index (χ0v) is 25.2. The number of fused-ring (bicyclic) bond motifs is 2. The maximum absolute atomic E-state index is 13.7. The minimum atomic E-state index is -1.89.